The van der Waals surface area contributed by atoms with Gasteiger partial charge in [0.05, 0.1) is 16.7 Å². The molecule has 3 aromatic rings. The average molecular weight is 622 g/mol. The number of amides is 2. The second-order valence-corrected chi connectivity index (χ2v) is 13.0. The van der Waals surface area contributed by atoms with Crippen molar-refractivity contribution in [3.63, 3.8) is 0 Å². The van der Waals surface area contributed by atoms with E-state index in [1.165, 1.54) is 6.07 Å². The van der Waals surface area contributed by atoms with Crippen LogP contribution in [0, 0.1) is 0 Å². The van der Waals surface area contributed by atoms with Crippen molar-refractivity contribution in [3.05, 3.63) is 95.6 Å². The van der Waals surface area contributed by atoms with E-state index in [1.807, 2.05) is 37.3 Å². The molecule has 1 heterocycles. The van der Waals surface area contributed by atoms with Crippen molar-refractivity contribution in [1.29, 1.82) is 0 Å². The summed E-state index contributed by atoms with van der Waals surface area (Å²) in [5.41, 5.74) is 1.39. The van der Waals surface area contributed by atoms with Crippen LogP contribution in [0.1, 0.15) is 68.3 Å². The Bertz CT molecular complexity index is 1560. The van der Waals surface area contributed by atoms with Crippen LogP contribution in [-0.4, -0.2) is 55.8 Å². The molecule has 0 fully saturated rings. The summed E-state index contributed by atoms with van der Waals surface area (Å²) in [7, 11) is -3.75. The second kappa shape index (κ2) is 14.5. The predicted octanol–water partition coefficient (Wildman–Crippen LogP) is 3.93. The van der Waals surface area contributed by atoms with E-state index in [9.17, 15) is 22.8 Å². The third kappa shape index (κ3) is 8.03. The molecular weight excluding hydrogens is 582 g/mol. The molecule has 44 heavy (non-hydrogen) atoms. The van der Waals surface area contributed by atoms with Gasteiger partial charge < -0.3 is 20.5 Å². The van der Waals surface area contributed by atoms with Crippen LogP contribution in [-0.2, 0) is 24.2 Å². The molecule has 10 nitrogen and oxygen atoms in total. The van der Waals surface area contributed by atoms with E-state index in [-0.39, 0.29) is 22.4 Å². The fraction of sp³-hybridized carbons (Fsp3) is 0.364. The zero-order valence-electron chi connectivity index (χ0n) is 24.9. The van der Waals surface area contributed by atoms with Crippen LogP contribution in [0.2, 0.25) is 0 Å². The fourth-order valence-electron chi connectivity index (χ4n) is 5.49. The number of hydrogen-bond donors (Lipinski definition) is 4. The van der Waals surface area contributed by atoms with Gasteiger partial charge in [0.2, 0.25) is 5.91 Å². The number of carbonyl (C=O) groups excluding carboxylic acids is 2. The van der Waals surface area contributed by atoms with Crippen molar-refractivity contribution in [1.82, 2.24) is 16.0 Å². The lowest BCUT2D eigenvalue weighted by atomic mass is 9.88. The normalized spacial score (nSPS) is 19.5. The molecule has 0 aromatic heterocycles. The highest BCUT2D eigenvalue weighted by molar-refractivity contribution is 7.91. The van der Waals surface area contributed by atoms with Gasteiger partial charge in [0.1, 0.15) is 18.3 Å². The number of carbonyl (C=O) groups is 3. The van der Waals surface area contributed by atoms with Crippen molar-refractivity contribution in [3.8, 4) is 5.75 Å². The number of carboxylic acids is 1. The van der Waals surface area contributed by atoms with E-state index in [2.05, 4.69) is 22.9 Å². The second-order valence-electron chi connectivity index (χ2n) is 11.0. The number of hydrogen-bond acceptors (Lipinski definition) is 7. The van der Waals surface area contributed by atoms with E-state index in [4.69, 9.17) is 9.84 Å². The molecule has 0 saturated carbocycles. The van der Waals surface area contributed by atoms with Gasteiger partial charge in [0, 0.05) is 5.54 Å². The summed E-state index contributed by atoms with van der Waals surface area (Å²) in [5.74, 6) is -2.43. The summed E-state index contributed by atoms with van der Waals surface area (Å²) in [6.45, 7) is 3.00. The number of fused-ring (bicyclic) bond motifs is 1. The number of rotatable bonds is 13. The number of benzene rings is 3. The molecule has 234 valence electrons. The molecule has 4 rings (SSSR count). The van der Waals surface area contributed by atoms with Crippen LogP contribution >= 0.6 is 0 Å². The fourth-order valence-corrected chi connectivity index (χ4v) is 7.65. The molecule has 1 aliphatic rings. The summed E-state index contributed by atoms with van der Waals surface area (Å²) in [4.78, 5) is 36.7. The first-order valence-electron chi connectivity index (χ1n) is 14.7. The first-order chi connectivity index (χ1) is 21.1. The molecule has 1 aliphatic heterocycles. The molecule has 3 atom stereocenters. The largest absolute Gasteiger partial charge is 0.484 e. The Balaban J connectivity index is 1.59. The Hall–Kier alpha value is -4.22. The topological polar surface area (TPSA) is 151 Å². The number of sulfone groups is 1. The summed E-state index contributed by atoms with van der Waals surface area (Å²) < 4.78 is 33.6. The van der Waals surface area contributed by atoms with Gasteiger partial charge in [-0.25, -0.2) is 8.42 Å². The third-order valence-electron chi connectivity index (χ3n) is 7.85. The van der Waals surface area contributed by atoms with Crippen LogP contribution < -0.4 is 20.7 Å². The standard InChI is InChI=1S/C33H39N3O7S/c1-3-5-18-33(4-2)22-44(41,42)27-19-25(16-17-26(27)30(36-33)23-12-8-6-9-13-23)43-21-28(37)35-31(24-14-10-7-11-15-24)32(40)34-20-29(38)39/h6-17,19,30-31,36H,3-5,18,20-22H2,1-2H3,(H,34,40)(H,35,37)(H,38,39)/t30-,31+,33-/m0/s1. The van der Waals surface area contributed by atoms with Gasteiger partial charge in [0.25, 0.3) is 5.91 Å². The Kier molecular flexibility index (Phi) is 10.8. The molecular formula is C33H39N3O7S. The van der Waals surface area contributed by atoms with Crippen LogP contribution in [0.5, 0.6) is 5.75 Å². The van der Waals surface area contributed by atoms with E-state index in [0.29, 0.717) is 24.0 Å². The molecule has 0 saturated heterocycles. The van der Waals surface area contributed by atoms with Gasteiger partial charge in [-0.05, 0) is 41.7 Å². The molecule has 3 aromatic carbocycles. The minimum absolute atomic E-state index is 0.0685. The minimum atomic E-state index is -3.75. The molecule has 0 unspecified atom stereocenters. The summed E-state index contributed by atoms with van der Waals surface area (Å²) in [6, 6.07) is 21.4. The Morgan fingerprint density at radius 3 is 2.34 bits per heavy atom. The average Bonchev–Trinajstić information content (AvgIpc) is 3.13. The quantitative estimate of drug-likeness (QED) is 0.224. The summed E-state index contributed by atoms with van der Waals surface area (Å²) in [5, 5.41) is 17.5. The van der Waals surface area contributed by atoms with Gasteiger partial charge in [-0.1, -0.05) is 93.4 Å². The molecule has 0 spiro atoms. The zero-order valence-corrected chi connectivity index (χ0v) is 25.7. The van der Waals surface area contributed by atoms with Crippen molar-refractivity contribution in [2.24, 2.45) is 0 Å². The lowest BCUT2D eigenvalue weighted by molar-refractivity contribution is -0.138. The lowest BCUT2D eigenvalue weighted by Gasteiger charge is -2.35. The van der Waals surface area contributed by atoms with Gasteiger partial charge in [-0.2, -0.15) is 0 Å². The number of unbranched alkanes of at least 4 members (excludes halogenated alkanes) is 1. The van der Waals surface area contributed by atoms with Gasteiger partial charge in [-0.3, -0.25) is 19.7 Å². The van der Waals surface area contributed by atoms with Crippen LogP contribution in [0.15, 0.2) is 83.8 Å². The van der Waals surface area contributed by atoms with Crippen molar-refractivity contribution < 1.29 is 32.6 Å². The van der Waals surface area contributed by atoms with E-state index >= 15 is 0 Å². The highest BCUT2D eigenvalue weighted by Gasteiger charge is 2.42. The maximum Gasteiger partial charge on any atom is 0.322 e. The van der Waals surface area contributed by atoms with Crippen LogP contribution in [0.4, 0.5) is 0 Å². The predicted molar refractivity (Wildman–Crippen MR) is 166 cm³/mol. The smallest absolute Gasteiger partial charge is 0.322 e. The lowest BCUT2D eigenvalue weighted by Crippen LogP contribution is -2.50. The van der Waals surface area contributed by atoms with Gasteiger partial charge >= 0.3 is 5.97 Å². The Labute approximate surface area is 258 Å². The van der Waals surface area contributed by atoms with Crippen molar-refractivity contribution in [2.75, 3.05) is 18.9 Å². The highest BCUT2D eigenvalue weighted by atomic mass is 32.2. The third-order valence-corrected chi connectivity index (χ3v) is 9.81. The highest BCUT2D eigenvalue weighted by Crippen LogP contribution is 2.39. The SMILES string of the molecule is CCCC[C@@]1(CC)CS(=O)(=O)c2cc(OCC(=O)N[C@@H](C(=O)NCC(=O)O)c3ccccc3)ccc2[C@H](c2ccccc2)N1. The van der Waals surface area contributed by atoms with Crippen LogP contribution in [0.25, 0.3) is 0 Å². The zero-order chi connectivity index (χ0) is 31.7. The molecule has 0 aliphatic carbocycles. The molecule has 2 amide bonds. The number of aliphatic carboxylic acids is 1. The minimum Gasteiger partial charge on any atom is -0.484 e. The maximum absolute atomic E-state index is 13.9. The monoisotopic (exact) mass is 621 g/mol. The first kappa shape index (κ1) is 32.7. The molecule has 0 radical (unpaired) electrons. The number of nitrogens with one attached hydrogen (secondary N) is 3. The number of carboxylic acid groups (broad SMARTS) is 1. The van der Waals surface area contributed by atoms with Crippen molar-refractivity contribution >= 4 is 27.6 Å². The Morgan fingerprint density at radius 1 is 1.02 bits per heavy atom. The van der Waals surface area contributed by atoms with Gasteiger partial charge in [0.15, 0.2) is 16.4 Å². The molecule has 4 N–H and O–H groups in total. The molecule has 11 heteroatoms. The summed E-state index contributed by atoms with van der Waals surface area (Å²) >= 11 is 0. The number of ether oxygens (including phenoxy) is 1. The first-order valence-corrected chi connectivity index (χ1v) is 16.4. The maximum atomic E-state index is 13.9. The Morgan fingerprint density at radius 2 is 1.70 bits per heavy atom. The molecule has 0 bridgehead atoms. The van der Waals surface area contributed by atoms with Crippen LogP contribution in [0.3, 0.4) is 0 Å². The van der Waals surface area contributed by atoms with E-state index < -0.39 is 52.4 Å². The van der Waals surface area contributed by atoms with E-state index in [1.54, 1.807) is 42.5 Å². The van der Waals surface area contributed by atoms with Gasteiger partial charge in [-0.15, -0.1) is 0 Å². The summed E-state index contributed by atoms with van der Waals surface area (Å²) in [6.07, 6.45) is 3.17. The van der Waals surface area contributed by atoms with E-state index in [0.717, 1.165) is 18.4 Å². The van der Waals surface area contributed by atoms with Crippen molar-refractivity contribution in [2.45, 2.75) is 62.0 Å².